The number of hydrogen-bond donors (Lipinski definition) is 4. The average Bonchev–Trinajstić information content (AvgIpc) is 3.38. The molecule has 0 bridgehead atoms. The molecule has 2 aromatic rings. The van der Waals surface area contributed by atoms with Crippen LogP contribution in [0.4, 0.5) is 0 Å². The van der Waals surface area contributed by atoms with E-state index in [-0.39, 0.29) is 17.2 Å². The highest BCUT2D eigenvalue weighted by Gasteiger charge is 2.13. The van der Waals surface area contributed by atoms with E-state index in [0.717, 1.165) is 30.8 Å². The van der Waals surface area contributed by atoms with Gasteiger partial charge < -0.3 is 44.3 Å². The molecule has 0 aliphatic heterocycles. The predicted octanol–water partition coefficient (Wildman–Crippen LogP) is 2.05. The molecule has 1 amide bonds. The molecule has 4 N–H and O–H groups in total. The SMILES string of the molecule is CC(=O)c1c(O)cc(O)cc1O.CNC(=O)CCOCCOCCOCCOCCOCc1cn(CCC(C)C)nn1. The zero-order chi connectivity index (χ0) is 31.2. The summed E-state index contributed by atoms with van der Waals surface area (Å²) in [5, 5.41) is 37.8. The first kappa shape index (κ1) is 36.7. The van der Waals surface area contributed by atoms with Crippen LogP contribution in [0.2, 0.25) is 0 Å². The maximum absolute atomic E-state index is 11.0. The number of aryl methyl sites for hydroxylation is 1. The van der Waals surface area contributed by atoms with Gasteiger partial charge in [0.05, 0.1) is 72.3 Å². The molecule has 1 heterocycles. The minimum absolute atomic E-state index is 0.0281. The van der Waals surface area contributed by atoms with Crippen LogP contribution in [0.25, 0.3) is 0 Å². The molecule has 2 rings (SSSR count). The van der Waals surface area contributed by atoms with Gasteiger partial charge in [0.15, 0.2) is 5.78 Å². The van der Waals surface area contributed by atoms with Crippen LogP contribution in [0.5, 0.6) is 17.2 Å². The van der Waals surface area contributed by atoms with E-state index >= 15 is 0 Å². The maximum Gasteiger partial charge on any atom is 0.222 e. The first-order valence-corrected chi connectivity index (χ1v) is 13.9. The van der Waals surface area contributed by atoms with Gasteiger partial charge in [-0.3, -0.25) is 14.3 Å². The number of amides is 1. The second-order valence-corrected chi connectivity index (χ2v) is 9.50. The predicted molar refractivity (Wildman–Crippen MR) is 153 cm³/mol. The smallest absolute Gasteiger partial charge is 0.222 e. The normalized spacial score (nSPS) is 10.9. The molecular weight excluding hydrogens is 552 g/mol. The molecule has 238 valence electrons. The van der Waals surface area contributed by atoms with Gasteiger partial charge >= 0.3 is 0 Å². The van der Waals surface area contributed by atoms with Gasteiger partial charge in [0.25, 0.3) is 0 Å². The van der Waals surface area contributed by atoms with Gasteiger partial charge in [-0.25, -0.2) is 0 Å². The van der Waals surface area contributed by atoms with E-state index in [4.69, 9.17) is 39.0 Å². The molecule has 14 heteroatoms. The summed E-state index contributed by atoms with van der Waals surface area (Å²) in [6.07, 6.45) is 3.38. The second kappa shape index (κ2) is 22.3. The zero-order valence-corrected chi connectivity index (χ0v) is 25.0. The standard InChI is InChI=1S/C20H38N4O6.C8H8O4/c1-18(2)4-6-24-16-19(22-23-24)17-30-15-14-29-13-12-28-11-10-27-9-8-26-7-5-20(25)21-3;1-4(9)8-6(11)2-5(10)3-7(8)12/h16,18H,4-15,17H2,1-3H3,(H,21,25);2-3,10-12H,1H3. The first-order valence-electron chi connectivity index (χ1n) is 13.9. The van der Waals surface area contributed by atoms with Gasteiger partial charge in [-0.05, 0) is 19.3 Å². The first-order chi connectivity index (χ1) is 20.1. The highest BCUT2D eigenvalue weighted by atomic mass is 16.6. The highest BCUT2D eigenvalue weighted by Crippen LogP contribution is 2.31. The number of carbonyl (C=O) groups excluding carboxylic acids is 2. The number of ether oxygens (including phenoxy) is 5. The van der Waals surface area contributed by atoms with E-state index in [1.807, 2.05) is 10.9 Å². The molecule has 1 aromatic carbocycles. The van der Waals surface area contributed by atoms with Gasteiger partial charge in [0, 0.05) is 32.1 Å². The summed E-state index contributed by atoms with van der Waals surface area (Å²) < 4.78 is 28.9. The number of nitrogens with one attached hydrogen (secondary N) is 1. The van der Waals surface area contributed by atoms with Crippen molar-refractivity contribution in [2.24, 2.45) is 5.92 Å². The molecule has 0 aliphatic carbocycles. The summed E-state index contributed by atoms with van der Waals surface area (Å²) in [7, 11) is 1.61. The van der Waals surface area contributed by atoms with Crippen LogP contribution in [-0.2, 0) is 41.6 Å². The van der Waals surface area contributed by atoms with E-state index in [2.05, 4.69) is 29.5 Å². The Labute approximate surface area is 246 Å². The van der Waals surface area contributed by atoms with Crippen molar-refractivity contribution in [2.75, 3.05) is 66.5 Å². The van der Waals surface area contributed by atoms with Gasteiger partial charge in [0.1, 0.15) is 28.5 Å². The molecule has 0 spiro atoms. The molecule has 42 heavy (non-hydrogen) atoms. The van der Waals surface area contributed by atoms with Crippen LogP contribution in [0, 0.1) is 5.92 Å². The van der Waals surface area contributed by atoms with Crippen molar-refractivity contribution in [3.63, 3.8) is 0 Å². The van der Waals surface area contributed by atoms with Crippen LogP contribution in [0.15, 0.2) is 18.3 Å². The number of phenols is 3. The molecule has 14 nitrogen and oxygen atoms in total. The van der Waals surface area contributed by atoms with Crippen molar-refractivity contribution in [3.05, 3.63) is 29.6 Å². The van der Waals surface area contributed by atoms with Gasteiger partial charge in [-0.15, -0.1) is 5.10 Å². The zero-order valence-electron chi connectivity index (χ0n) is 25.0. The topological polar surface area (TPSA) is 184 Å². The fourth-order valence-electron chi connectivity index (χ4n) is 3.21. The Bertz CT molecular complexity index is 1010. The third kappa shape index (κ3) is 17.5. The van der Waals surface area contributed by atoms with Gasteiger partial charge in [-0.2, -0.15) is 0 Å². The molecule has 0 radical (unpaired) electrons. The molecule has 1 aromatic heterocycles. The lowest BCUT2D eigenvalue weighted by atomic mass is 10.1. The number of phenolic OH excluding ortho intramolecular Hbond substituents is 3. The molecule has 0 saturated carbocycles. The number of hydrogen-bond acceptors (Lipinski definition) is 12. The van der Waals surface area contributed by atoms with Gasteiger partial charge in [-0.1, -0.05) is 19.1 Å². The number of aromatic nitrogens is 3. The van der Waals surface area contributed by atoms with Crippen LogP contribution >= 0.6 is 0 Å². The lowest BCUT2D eigenvalue weighted by molar-refractivity contribution is -0.121. The van der Waals surface area contributed by atoms with E-state index < -0.39 is 17.3 Å². The monoisotopic (exact) mass is 598 g/mol. The number of rotatable bonds is 21. The summed E-state index contributed by atoms with van der Waals surface area (Å²) in [5.74, 6) is -0.950. The summed E-state index contributed by atoms with van der Waals surface area (Å²) in [6, 6.07) is 1.99. The third-order valence-corrected chi connectivity index (χ3v) is 5.45. The summed E-state index contributed by atoms with van der Waals surface area (Å²) in [6.45, 7) is 11.3. The van der Waals surface area contributed by atoms with Gasteiger partial charge in [0.2, 0.25) is 5.91 Å². The van der Waals surface area contributed by atoms with Crippen molar-refractivity contribution >= 4 is 11.7 Å². The summed E-state index contributed by atoms with van der Waals surface area (Å²) in [4.78, 5) is 21.8. The Balaban J connectivity index is 0.000000609. The van der Waals surface area contributed by atoms with Crippen molar-refractivity contribution in [1.29, 1.82) is 0 Å². The molecule has 0 saturated heterocycles. The lowest BCUT2D eigenvalue weighted by Gasteiger charge is -2.07. The molecule has 0 fully saturated rings. The Morgan fingerprint density at radius 1 is 0.857 bits per heavy atom. The number of nitrogens with zero attached hydrogens (tertiary/aromatic N) is 3. The largest absolute Gasteiger partial charge is 0.508 e. The van der Waals surface area contributed by atoms with Crippen LogP contribution in [-0.4, -0.2) is 109 Å². The minimum atomic E-state index is -0.454. The maximum atomic E-state index is 11.0. The number of aromatic hydroxyl groups is 3. The summed E-state index contributed by atoms with van der Waals surface area (Å²) in [5.41, 5.74) is 0.659. The summed E-state index contributed by atoms with van der Waals surface area (Å²) >= 11 is 0. The van der Waals surface area contributed by atoms with E-state index in [9.17, 15) is 9.59 Å². The number of ketones is 1. The molecule has 0 aliphatic rings. The number of benzene rings is 1. The molecule has 0 unspecified atom stereocenters. The second-order valence-electron chi connectivity index (χ2n) is 9.50. The van der Waals surface area contributed by atoms with Crippen molar-refractivity contribution < 1.29 is 48.6 Å². The van der Waals surface area contributed by atoms with Crippen LogP contribution < -0.4 is 5.32 Å². The quantitative estimate of drug-likeness (QED) is 0.121. The number of carbonyl (C=O) groups is 2. The Morgan fingerprint density at radius 3 is 1.83 bits per heavy atom. The van der Waals surface area contributed by atoms with Crippen molar-refractivity contribution in [3.8, 4) is 17.2 Å². The molecular formula is C28H46N4O10. The van der Waals surface area contributed by atoms with Crippen molar-refractivity contribution in [1.82, 2.24) is 20.3 Å². The van der Waals surface area contributed by atoms with Crippen molar-refractivity contribution in [2.45, 2.75) is 46.8 Å². The van der Waals surface area contributed by atoms with E-state index in [1.165, 1.54) is 6.92 Å². The van der Waals surface area contributed by atoms with E-state index in [1.54, 1.807) is 7.05 Å². The fourth-order valence-corrected chi connectivity index (χ4v) is 3.21. The number of Topliss-reactive ketones (excluding diaryl/α,β-unsaturated/α-hetero) is 1. The van der Waals surface area contributed by atoms with E-state index in [0.29, 0.717) is 78.4 Å². The highest BCUT2D eigenvalue weighted by molar-refractivity contribution is 5.99. The Hall–Kier alpha value is -3.30. The average molecular weight is 599 g/mol. The Morgan fingerprint density at radius 2 is 1.36 bits per heavy atom. The van der Waals surface area contributed by atoms with Crippen LogP contribution in [0.1, 0.15) is 49.7 Å². The molecule has 0 atom stereocenters. The Kier molecular flexibility index (Phi) is 19.5. The van der Waals surface area contributed by atoms with Crippen LogP contribution in [0.3, 0.4) is 0 Å². The lowest BCUT2D eigenvalue weighted by Crippen LogP contribution is -2.20. The fraction of sp³-hybridized carbons (Fsp3) is 0.643. The third-order valence-electron chi connectivity index (χ3n) is 5.45. The minimum Gasteiger partial charge on any atom is -0.508 e.